The molecule has 5 heteroatoms. The molecule has 0 saturated carbocycles. The molecule has 2 rings (SSSR count). The molecule has 2 aromatic rings. The summed E-state index contributed by atoms with van der Waals surface area (Å²) < 4.78 is 8.11. The van der Waals surface area contributed by atoms with E-state index in [0.29, 0.717) is 0 Å². The molecule has 4 nitrogen and oxygen atoms in total. The minimum atomic E-state index is 0.733. The van der Waals surface area contributed by atoms with Crippen LogP contribution in [0.2, 0.25) is 0 Å². The van der Waals surface area contributed by atoms with E-state index < -0.39 is 0 Å². The van der Waals surface area contributed by atoms with Gasteiger partial charge >= 0.3 is 0 Å². The van der Waals surface area contributed by atoms with Crippen LogP contribution in [0.4, 0.5) is 5.69 Å². The van der Waals surface area contributed by atoms with Crippen molar-refractivity contribution >= 4 is 21.6 Å². The van der Waals surface area contributed by atoms with E-state index in [1.807, 2.05) is 36.9 Å². The van der Waals surface area contributed by atoms with Crippen molar-refractivity contribution in [3.8, 4) is 5.75 Å². The quantitative estimate of drug-likeness (QED) is 0.943. The SMILES string of the molecule is COc1cc(Br)cc(NCc2cc(C)nn2C)c1. The fourth-order valence-corrected chi connectivity index (χ4v) is 2.28. The Bertz CT molecular complexity index is 551. The van der Waals surface area contributed by atoms with Gasteiger partial charge in [0.15, 0.2) is 0 Å². The molecule has 1 heterocycles. The highest BCUT2D eigenvalue weighted by atomic mass is 79.9. The van der Waals surface area contributed by atoms with E-state index in [0.717, 1.165) is 33.8 Å². The topological polar surface area (TPSA) is 39.1 Å². The van der Waals surface area contributed by atoms with Crippen LogP contribution in [0.25, 0.3) is 0 Å². The number of nitrogens with one attached hydrogen (secondary N) is 1. The number of aryl methyl sites for hydroxylation is 2. The number of methoxy groups -OCH3 is 1. The monoisotopic (exact) mass is 309 g/mol. The number of hydrogen-bond acceptors (Lipinski definition) is 3. The van der Waals surface area contributed by atoms with Crippen molar-refractivity contribution < 1.29 is 4.74 Å². The predicted octanol–water partition coefficient (Wildman–Crippen LogP) is 3.11. The lowest BCUT2D eigenvalue weighted by atomic mass is 10.3. The Balaban J connectivity index is 2.10. The smallest absolute Gasteiger partial charge is 0.122 e. The normalized spacial score (nSPS) is 10.4. The van der Waals surface area contributed by atoms with Gasteiger partial charge in [0.05, 0.1) is 25.0 Å². The van der Waals surface area contributed by atoms with Crippen LogP contribution in [0.5, 0.6) is 5.75 Å². The number of ether oxygens (including phenoxy) is 1. The first kappa shape index (κ1) is 13.0. The van der Waals surface area contributed by atoms with E-state index in [1.165, 1.54) is 0 Å². The minimum absolute atomic E-state index is 0.733. The van der Waals surface area contributed by atoms with Crippen LogP contribution in [0.1, 0.15) is 11.4 Å². The van der Waals surface area contributed by atoms with Crippen LogP contribution in [0, 0.1) is 6.92 Å². The molecule has 0 aliphatic heterocycles. The van der Waals surface area contributed by atoms with Gasteiger partial charge in [0.2, 0.25) is 0 Å². The number of nitrogens with zero attached hydrogens (tertiary/aromatic N) is 2. The van der Waals surface area contributed by atoms with Gasteiger partial charge in [-0.3, -0.25) is 4.68 Å². The van der Waals surface area contributed by atoms with Gasteiger partial charge in [-0.15, -0.1) is 0 Å². The van der Waals surface area contributed by atoms with Crippen LogP contribution in [0.15, 0.2) is 28.7 Å². The molecule has 0 radical (unpaired) electrons. The zero-order chi connectivity index (χ0) is 13.1. The van der Waals surface area contributed by atoms with E-state index in [2.05, 4.69) is 32.4 Å². The predicted molar refractivity (Wildman–Crippen MR) is 76.0 cm³/mol. The zero-order valence-corrected chi connectivity index (χ0v) is 12.3. The van der Waals surface area contributed by atoms with Crippen LogP contribution in [0.3, 0.4) is 0 Å². The molecule has 1 aromatic heterocycles. The largest absolute Gasteiger partial charge is 0.497 e. The fourth-order valence-electron chi connectivity index (χ4n) is 1.80. The van der Waals surface area contributed by atoms with Crippen LogP contribution in [-0.4, -0.2) is 16.9 Å². The standard InChI is InChI=1S/C13H16BrN3O/c1-9-4-12(17(2)16-9)8-15-11-5-10(14)6-13(7-11)18-3/h4-7,15H,8H2,1-3H3. The third-order valence-electron chi connectivity index (χ3n) is 2.68. The highest BCUT2D eigenvalue weighted by Crippen LogP contribution is 2.24. The van der Waals surface area contributed by atoms with Gasteiger partial charge in [0.25, 0.3) is 0 Å². The Kier molecular flexibility index (Phi) is 3.91. The van der Waals surface area contributed by atoms with E-state index in [9.17, 15) is 0 Å². The molecule has 1 aromatic carbocycles. The number of hydrogen-bond donors (Lipinski definition) is 1. The molecule has 0 spiro atoms. The first-order chi connectivity index (χ1) is 8.58. The summed E-state index contributed by atoms with van der Waals surface area (Å²) in [5, 5.41) is 7.68. The Morgan fingerprint density at radius 2 is 2.11 bits per heavy atom. The molecule has 0 bridgehead atoms. The maximum Gasteiger partial charge on any atom is 0.122 e. The molecule has 0 aliphatic rings. The summed E-state index contributed by atoms with van der Waals surface area (Å²) in [4.78, 5) is 0. The second-order valence-electron chi connectivity index (χ2n) is 4.13. The average molecular weight is 310 g/mol. The lowest BCUT2D eigenvalue weighted by Crippen LogP contribution is -2.05. The van der Waals surface area contributed by atoms with Crippen molar-refractivity contribution in [1.29, 1.82) is 0 Å². The van der Waals surface area contributed by atoms with Gasteiger partial charge in [-0.05, 0) is 25.1 Å². The molecule has 0 fully saturated rings. The first-order valence-electron chi connectivity index (χ1n) is 5.66. The third-order valence-corrected chi connectivity index (χ3v) is 3.14. The molecule has 0 aliphatic carbocycles. The maximum atomic E-state index is 5.23. The zero-order valence-electron chi connectivity index (χ0n) is 10.7. The van der Waals surface area contributed by atoms with Gasteiger partial charge in [-0.2, -0.15) is 5.10 Å². The number of benzene rings is 1. The average Bonchev–Trinajstić information content (AvgIpc) is 2.64. The molecule has 0 amide bonds. The van der Waals surface area contributed by atoms with Crippen molar-refractivity contribution in [3.05, 3.63) is 40.1 Å². The summed E-state index contributed by atoms with van der Waals surface area (Å²) in [6.07, 6.45) is 0. The van der Waals surface area contributed by atoms with E-state index in [4.69, 9.17) is 4.74 Å². The lowest BCUT2D eigenvalue weighted by Gasteiger charge is -2.09. The molecular weight excluding hydrogens is 294 g/mol. The van der Waals surface area contributed by atoms with E-state index in [-0.39, 0.29) is 0 Å². The van der Waals surface area contributed by atoms with Crippen LogP contribution >= 0.6 is 15.9 Å². The van der Waals surface area contributed by atoms with Crippen LogP contribution < -0.4 is 10.1 Å². The van der Waals surface area contributed by atoms with Crippen molar-refractivity contribution in [2.45, 2.75) is 13.5 Å². The van der Waals surface area contributed by atoms with E-state index >= 15 is 0 Å². The van der Waals surface area contributed by atoms with Crippen molar-refractivity contribution in [1.82, 2.24) is 9.78 Å². The summed E-state index contributed by atoms with van der Waals surface area (Å²) in [7, 11) is 3.61. The Labute approximate surface area is 115 Å². The van der Waals surface area contributed by atoms with Crippen molar-refractivity contribution in [3.63, 3.8) is 0 Å². The molecule has 0 saturated heterocycles. The molecule has 1 N–H and O–H groups in total. The van der Waals surface area contributed by atoms with E-state index in [1.54, 1.807) is 7.11 Å². The maximum absolute atomic E-state index is 5.23. The lowest BCUT2D eigenvalue weighted by molar-refractivity contribution is 0.414. The van der Waals surface area contributed by atoms with Gasteiger partial charge in [0, 0.05) is 23.3 Å². The molecule has 96 valence electrons. The van der Waals surface area contributed by atoms with Crippen molar-refractivity contribution in [2.24, 2.45) is 7.05 Å². The molecular formula is C13H16BrN3O. The summed E-state index contributed by atoms with van der Waals surface area (Å²) in [5.74, 6) is 0.827. The summed E-state index contributed by atoms with van der Waals surface area (Å²) in [6, 6.07) is 7.99. The highest BCUT2D eigenvalue weighted by molar-refractivity contribution is 9.10. The summed E-state index contributed by atoms with van der Waals surface area (Å²) in [5.41, 5.74) is 3.19. The Hall–Kier alpha value is -1.49. The second kappa shape index (κ2) is 5.44. The van der Waals surface area contributed by atoms with Gasteiger partial charge in [-0.25, -0.2) is 0 Å². The number of halogens is 1. The Morgan fingerprint density at radius 1 is 1.33 bits per heavy atom. The third kappa shape index (κ3) is 3.04. The summed E-state index contributed by atoms with van der Waals surface area (Å²) >= 11 is 3.46. The first-order valence-corrected chi connectivity index (χ1v) is 6.46. The highest BCUT2D eigenvalue weighted by Gasteiger charge is 2.03. The molecule has 18 heavy (non-hydrogen) atoms. The van der Waals surface area contributed by atoms with Gasteiger partial charge in [0.1, 0.15) is 5.75 Å². The molecule has 0 unspecified atom stereocenters. The van der Waals surface area contributed by atoms with Gasteiger partial charge in [-0.1, -0.05) is 15.9 Å². The molecule has 0 atom stereocenters. The van der Waals surface area contributed by atoms with Gasteiger partial charge < -0.3 is 10.1 Å². The number of aromatic nitrogens is 2. The van der Waals surface area contributed by atoms with Crippen LogP contribution in [-0.2, 0) is 13.6 Å². The number of rotatable bonds is 4. The van der Waals surface area contributed by atoms with Crippen molar-refractivity contribution in [2.75, 3.05) is 12.4 Å². The fraction of sp³-hybridized carbons (Fsp3) is 0.308. The second-order valence-corrected chi connectivity index (χ2v) is 5.05. The summed E-state index contributed by atoms with van der Waals surface area (Å²) in [6.45, 7) is 2.72. The minimum Gasteiger partial charge on any atom is -0.497 e. The number of anilines is 1. The Morgan fingerprint density at radius 3 is 2.72 bits per heavy atom.